The number of hydrogen-bond donors (Lipinski definition) is 1. The molecule has 3 rings (SSSR count). The lowest BCUT2D eigenvalue weighted by atomic mass is 10.1. The zero-order chi connectivity index (χ0) is 23.3. The van der Waals surface area contributed by atoms with Crippen molar-refractivity contribution in [2.24, 2.45) is 0 Å². The molecule has 1 aromatic heterocycles. The van der Waals surface area contributed by atoms with Crippen LogP contribution >= 0.6 is 34.5 Å². The molecule has 1 amide bonds. The van der Waals surface area contributed by atoms with E-state index in [0.717, 1.165) is 11.3 Å². The molecule has 0 bridgehead atoms. The molecule has 0 fully saturated rings. The van der Waals surface area contributed by atoms with E-state index in [4.69, 9.17) is 23.2 Å². The van der Waals surface area contributed by atoms with Crippen LogP contribution in [0.3, 0.4) is 0 Å². The molecule has 0 unspecified atom stereocenters. The van der Waals surface area contributed by atoms with Gasteiger partial charge < -0.3 is 0 Å². The lowest BCUT2D eigenvalue weighted by molar-refractivity contribution is 0.102. The summed E-state index contributed by atoms with van der Waals surface area (Å²) in [7, 11) is -3.74. The summed E-state index contributed by atoms with van der Waals surface area (Å²) in [4.78, 5) is 17.2. The molecule has 3 aromatic rings. The highest BCUT2D eigenvalue weighted by Crippen LogP contribution is 2.27. The van der Waals surface area contributed by atoms with Crippen LogP contribution < -0.4 is 5.32 Å². The number of aromatic nitrogens is 1. The van der Waals surface area contributed by atoms with Gasteiger partial charge in [0.05, 0.1) is 10.6 Å². The van der Waals surface area contributed by atoms with Crippen LogP contribution in [0, 0.1) is 13.8 Å². The fraction of sp³-hybridized carbons (Fsp3) is 0.273. The van der Waals surface area contributed by atoms with Crippen LogP contribution in [0.5, 0.6) is 0 Å². The number of anilines is 1. The summed E-state index contributed by atoms with van der Waals surface area (Å²) in [6, 6.07) is 11.9. The lowest BCUT2D eigenvalue weighted by Gasteiger charge is -2.20. The summed E-state index contributed by atoms with van der Waals surface area (Å²) >= 11 is 12.8. The van der Waals surface area contributed by atoms with Gasteiger partial charge in [-0.2, -0.15) is 4.31 Å². The summed E-state index contributed by atoms with van der Waals surface area (Å²) in [6.45, 7) is 4.41. The number of aryl methyl sites for hydroxylation is 2. The van der Waals surface area contributed by atoms with E-state index in [0.29, 0.717) is 10.7 Å². The largest absolute Gasteiger partial charge is 0.298 e. The van der Waals surface area contributed by atoms with E-state index in [9.17, 15) is 13.2 Å². The van der Waals surface area contributed by atoms with Crippen LogP contribution in [0.25, 0.3) is 11.3 Å². The molecule has 170 valence electrons. The van der Waals surface area contributed by atoms with E-state index >= 15 is 0 Å². The molecule has 1 N–H and O–H groups in total. The smallest absolute Gasteiger partial charge is 0.257 e. The number of alkyl halides is 2. The molecule has 0 saturated carbocycles. The van der Waals surface area contributed by atoms with Crippen LogP contribution in [-0.2, 0) is 10.0 Å². The first-order chi connectivity index (χ1) is 15.3. The lowest BCUT2D eigenvalue weighted by Crippen LogP contribution is -2.34. The Labute approximate surface area is 202 Å². The van der Waals surface area contributed by atoms with Gasteiger partial charge in [0.25, 0.3) is 5.91 Å². The van der Waals surface area contributed by atoms with Gasteiger partial charge in [-0.1, -0.05) is 12.1 Å². The maximum absolute atomic E-state index is 12.8. The Morgan fingerprint density at radius 2 is 1.69 bits per heavy atom. The standard InChI is InChI=1S/C22H23Cl2N3O3S2/c1-15-3-4-18(13-16(15)2)20-14-31-22(25-20)26-21(28)17-5-7-19(8-6-17)32(29,30)27(11-9-23)12-10-24/h3-8,13-14H,9-12H2,1-2H3,(H,25,26,28). The Kier molecular flexibility index (Phi) is 8.30. The molecule has 2 aromatic carbocycles. The fourth-order valence-electron chi connectivity index (χ4n) is 3.00. The summed E-state index contributed by atoms with van der Waals surface area (Å²) in [5.41, 5.74) is 4.47. The Balaban J connectivity index is 1.73. The van der Waals surface area contributed by atoms with Gasteiger partial charge in [0.1, 0.15) is 0 Å². The number of amides is 1. The van der Waals surface area contributed by atoms with E-state index in [1.807, 2.05) is 24.4 Å². The number of thiazole rings is 1. The van der Waals surface area contributed by atoms with Crippen molar-refractivity contribution in [3.8, 4) is 11.3 Å². The second kappa shape index (κ2) is 10.8. The Bertz CT molecular complexity index is 1190. The van der Waals surface area contributed by atoms with Gasteiger partial charge in [-0.3, -0.25) is 10.1 Å². The molecular weight excluding hydrogens is 489 g/mol. The van der Waals surface area contributed by atoms with E-state index in [-0.39, 0.29) is 35.7 Å². The molecule has 0 aliphatic rings. The second-order valence-corrected chi connectivity index (χ2v) is 10.6. The highest BCUT2D eigenvalue weighted by Gasteiger charge is 2.23. The van der Waals surface area contributed by atoms with Gasteiger partial charge in [0.15, 0.2) is 5.13 Å². The zero-order valence-electron chi connectivity index (χ0n) is 17.6. The third-order valence-corrected chi connectivity index (χ3v) is 7.96. The number of nitrogens with one attached hydrogen (secondary N) is 1. The van der Waals surface area contributed by atoms with Crippen LogP contribution in [0.1, 0.15) is 21.5 Å². The van der Waals surface area contributed by atoms with Crippen LogP contribution in [0.15, 0.2) is 52.7 Å². The van der Waals surface area contributed by atoms with Gasteiger partial charge in [-0.25, -0.2) is 13.4 Å². The van der Waals surface area contributed by atoms with Crippen molar-refractivity contribution in [2.45, 2.75) is 18.7 Å². The van der Waals surface area contributed by atoms with Crippen LogP contribution in [0.4, 0.5) is 5.13 Å². The van der Waals surface area contributed by atoms with E-state index in [2.05, 4.69) is 23.3 Å². The van der Waals surface area contributed by atoms with Crippen molar-refractivity contribution in [1.29, 1.82) is 0 Å². The van der Waals surface area contributed by atoms with Crippen molar-refractivity contribution in [3.05, 3.63) is 64.5 Å². The quantitative estimate of drug-likeness (QED) is 0.403. The minimum absolute atomic E-state index is 0.0792. The minimum atomic E-state index is -3.74. The molecule has 1 heterocycles. The van der Waals surface area contributed by atoms with Crippen LogP contribution in [0.2, 0.25) is 0 Å². The highest BCUT2D eigenvalue weighted by atomic mass is 35.5. The first-order valence-electron chi connectivity index (χ1n) is 9.83. The average molecular weight is 512 g/mol. The van der Waals surface area contributed by atoms with Crippen molar-refractivity contribution in [3.63, 3.8) is 0 Å². The van der Waals surface area contributed by atoms with Crippen molar-refractivity contribution < 1.29 is 13.2 Å². The van der Waals surface area contributed by atoms with Gasteiger partial charge in [0.2, 0.25) is 10.0 Å². The Morgan fingerprint density at radius 1 is 1.03 bits per heavy atom. The number of sulfonamides is 1. The molecule has 32 heavy (non-hydrogen) atoms. The fourth-order valence-corrected chi connectivity index (χ4v) is 5.77. The number of carbonyl (C=O) groups is 1. The van der Waals surface area contributed by atoms with Crippen molar-refractivity contribution >= 4 is 55.6 Å². The third-order valence-electron chi connectivity index (χ3n) is 4.95. The second-order valence-electron chi connectivity index (χ2n) is 7.10. The molecule has 0 atom stereocenters. The summed E-state index contributed by atoms with van der Waals surface area (Å²) in [5.74, 6) is -0.0448. The zero-order valence-corrected chi connectivity index (χ0v) is 20.8. The molecule has 10 heteroatoms. The predicted octanol–water partition coefficient (Wildman–Crippen LogP) is 5.15. The number of benzene rings is 2. The van der Waals surface area contributed by atoms with Gasteiger partial charge >= 0.3 is 0 Å². The Morgan fingerprint density at radius 3 is 2.28 bits per heavy atom. The molecular formula is C22H23Cl2N3O3S2. The summed E-state index contributed by atoms with van der Waals surface area (Å²) < 4.78 is 26.8. The first-order valence-corrected chi connectivity index (χ1v) is 13.2. The molecule has 0 aliphatic carbocycles. The van der Waals surface area contributed by atoms with E-state index in [1.54, 1.807) is 0 Å². The van der Waals surface area contributed by atoms with Crippen molar-refractivity contribution in [2.75, 3.05) is 30.2 Å². The van der Waals surface area contributed by atoms with Gasteiger partial charge in [-0.05, 0) is 55.3 Å². The Hall–Kier alpha value is -1.97. The highest BCUT2D eigenvalue weighted by molar-refractivity contribution is 7.89. The molecule has 0 saturated heterocycles. The summed E-state index contributed by atoms with van der Waals surface area (Å²) in [5, 5.41) is 5.12. The molecule has 0 radical (unpaired) electrons. The normalized spacial score (nSPS) is 11.7. The number of rotatable bonds is 9. The number of carbonyl (C=O) groups excluding carboxylic acids is 1. The first kappa shape index (κ1) is 24.7. The van der Waals surface area contributed by atoms with Gasteiger partial charge in [-0.15, -0.1) is 34.5 Å². The molecule has 0 aliphatic heterocycles. The maximum Gasteiger partial charge on any atom is 0.257 e. The number of halogens is 2. The number of nitrogens with zero attached hydrogens (tertiary/aromatic N) is 2. The summed E-state index contributed by atoms with van der Waals surface area (Å²) in [6.07, 6.45) is 0. The average Bonchev–Trinajstić information content (AvgIpc) is 3.24. The van der Waals surface area contributed by atoms with Gasteiger partial charge in [0, 0.05) is 41.4 Å². The van der Waals surface area contributed by atoms with Crippen LogP contribution in [-0.4, -0.2) is 48.5 Å². The topological polar surface area (TPSA) is 79.4 Å². The SMILES string of the molecule is Cc1ccc(-c2csc(NC(=O)c3ccc(S(=O)(=O)N(CCCl)CCCl)cc3)n2)cc1C. The monoisotopic (exact) mass is 511 g/mol. The molecule has 0 spiro atoms. The van der Waals surface area contributed by atoms with E-state index in [1.165, 1.54) is 51.0 Å². The van der Waals surface area contributed by atoms with E-state index < -0.39 is 10.0 Å². The maximum atomic E-state index is 12.8. The minimum Gasteiger partial charge on any atom is -0.298 e. The predicted molar refractivity (Wildman–Crippen MR) is 132 cm³/mol. The number of hydrogen-bond acceptors (Lipinski definition) is 5. The third kappa shape index (κ3) is 5.68. The molecule has 6 nitrogen and oxygen atoms in total. The van der Waals surface area contributed by atoms with Crippen molar-refractivity contribution in [1.82, 2.24) is 9.29 Å².